The molecule has 2 aliphatic rings. The van der Waals surface area contributed by atoms with Gasteiger partial charge >= 0.3 is 0 Å². The molecule has 0 aliphatic carbocycles. The first-order valence-corrected chi connectivity index (χ1v) is 8.07. The zero-order chi connectivity index (χ0) is 15.7. The number of nitrogens with zero attached hydrogens (tertiary/aromatic N) is 2. The third-order valence-electron chi connectivity index (χ3n) is 4.27. The van der Waals surface area contributed by atoms with Gasteiger partial charge in [0.25, 0.3) is 0 Å². The molecule has 118 valence electrons. The molecule has 0 fully saturated rings. The summed E-state index contributed by atoms with van der Waals surface area (Å²) in [5.41, 5.74) is 1.96. The number of hydrogen-bond donors (Lipinski definition) is 0. The van der Waals surface area contributed by atoms with Crippen LogP contribution in [0.5, 0.6) is 0 Å². The summed E-state index contributed by atoms with van der Waals surface area (Å²) in [4.78, 5) is 9.46. The topological polar surface area (TPSA) is 43.2 Å². The Kier molecular flexibility index (Phi) is 4.19. The van der Waals surface area contributed by atoms with Crippen LogP contribution in [-0.2, 0) is 9.47 Å². The quantitative estimate of drug-likeness (QED) is 0.856. The third-order valence-corrected chi connectivity index (χ3v) is 4.27. The second kappa shape index (κ2) is 6.11. The van der Waals surface area contributed by atoms with Gasteiger partial charge in [-0.25, -0.2) is 9.98 Å². The van der Waals surface area contributed by atoms with Gasteiger partial charge in [0.15, 0.2) is 0 Å². The second-order valence-electron chi connectivity index (χ2n) is 6.66. The van der Waals surface area contributed by atoms with Crippen molar-refractivity contribution in [1.29, 1.82) is 0 Å². The van der Waals surface area contributed by atoms with Crippen molar-refractivity contribution >= 4 is 11.8 Å². The van der Waals surface area contributed by atoms with Crippen molar-refractivity contribution in [3.05, 3.63) is 35.4 Å². The monoisotopic (exact) mass is 300 g/mol. The maximum atomic E-state index is 5.83. The van der Waals surface area contributed by atoms with Crippen molar-refractivity contribution in [3.8, 4) is 0 Å². The molecule has 0 amide bonds. The van der Waals surface area contributed by atoms with E-state index in [0.717, 1.165) is 11.1 Å². The third kappa shape index (κ3) is 2.87. The van der Waals surface area contributed by atoms with Gasteiger partial charge in [0, 0.05) is 11.1 Å². The number of benzene rings is 1. The second-order valence-corrected chi connectivity index (χ2v) is 6.66. The Morgan fingerprint density at radius 2 is 1.23 bits per heavy atom. The summed E-state index contributed by atoms with van der Waals surface area (Å²) in [6.45, 7) is 9.99. The van der Waals surface area contributed by atoms with Crippen LogP contribution in [0.1, 0.15) is 38.8 Å². The lowest BCUT2D eigenvalue weighted by Gasteiger charge is -2.08. The number of hydrogen-bond acceptors (Lipinski definition) is 4. The van der Waals surface area contributed by atoms with Crippen LogP contribution in [0.2, 0.25) is 0 Å². The van der Waals surface area contributed by atoms with E-state index in [-0.39, 0.29) is 12.1 Å². The van der Waals surface area contributed by atoms with Crippen molar-refractivity contribution in [2.45, 2.75) is 39.8 Å². The average molecular weight is 300 g/mol. The van der Waals surface area contributed by atoms with E-state index in [1.54, 1.807) is 0 Å². The highest BCUT2D eigenvalue weighted by Gasteiger charge is 2.28. The highest BCUT2D eigenvalue weighted by molar-refractivity contribution is 6.08. The highest BCUT2D eigenvalue weighted by atomic mass is 16.5. The summed E-state index contributed by atoms with van der Waals surface area (Å²) in [5.74, 6) is 2.40. The smallest absolute Gasteiger partial charge is 0.217 e. The van der Waals surface area contributed by atoms with Crippen LogP contribution in [0, 0.1) is 11.8 Å². The van der Waals surface area contributed by atoms with Gasteiger partial charge < -0.3 is 9.47 Å². The highest BCUT2D eigenvalue weighted by Crippen LogP contribution is 2.23. The van der Waals surface area contributed by atoms with Gasteiger partial charge in [0.1, 0.15) is 13.2 Å². The lowest BCUT2D eigenvalue weighted by molar-refractivity contribution is 0.289. The van der Waals surface area contributed by atoms with Crippen LogP contribution < -0.4 is 0 Å². The molecular formula is C18H24N2O2. The lowest BCUT2D eigenvalue weighted by Crippen LogP contribution is -2.13. The Bertz CT molecular complexity index is 552. The first kappa shape index (κ1) is 15.1. The van der Waals surface area contributed by atoms with Crippen molar-refractivity contribution in [2.75, 3.05) is 13.2 Å². The molecule has 0 radical (unpaired) electrons. The number of aliphatic imine (C=N–C) groups is 2. The molecule has 22 heavy (non-hydrogen) atoms. The molecule has 2 aliphatic heterocycles. The van der Waals surface area contributed by atoms with Gasteiger partial charge in [0.2, 0.25) is 11.8 Å². The normalized spacial score (nSPS) is 24.3. The lowest BCUT2D eigenvalue weighted by atomic mass is 10.1. The molecular weight excluding hydrogens is 276 g/mol. The Labute approximate surface area is 132 Å². The minimum Gasteiger partial charge on any atom is -0.475 e. The predicted octanol–water partition coefficient (Wildman–Crippen LogP) is 3.29. The predicted molar refractivity (Wildman–Crippen MR) is 88.7 cm³/mol. The molecule has 1 aromatic carbocycles. The summed E-state index contributed by atoms with van der Waals surface area (Å²) in [6, 6.07) is 8.54. The maximum absolute atomic E-state index is 5.83. The number of rotatable bonds is 4. The van der Waals surface area contributed by atoms with Crippen LogP contribution in [0.3, 0.4) is 0 Å². The van der Waals surface area contributed by atoms with Crippen molar-refractivity contribution in [3.63, 3.8) is 0 Å². The largest absolute Gasteiger partial charge is 0.475 e. The Balaban J connectivity index is 1.92. The van der Waals surface area contributed by atoms with Crippen LogP contribution in [0.25, 0.3) is 0 Å². The van der Waals surface area contributed by atoms with Gasteiger partial charge in [-0.05, 0) is 24.0 Å². The van der Waals surface area contributed by atoms with Crippen molar-refractivity contribution in [2.24, 2.45) is 21.8 Å². The SMILES string of the molecule is CC(C)[C@@H]1COC(c2ccccc2C2=N[C@H](C(C)C)CO2)=N1. The van der Waals surface area contributed by atoms with Crippen LogP contribution in [-0.4, -0.2) is 37.1 Å². The average Bonchev–Trinajstić information content (AvgIpc) is 3.17. The van der Waals surface area contributed by atoms with E-state index in [0.29, 0.717) is 36.8 Å². The molecule has 2 atom stereocenters. The Morgan fingerprint density at radius 1 is 0.818 bits per heavy atom. The molecule has 0 N–H and O–H groups in total. The molecule has 2 heterocycles. The Morgan fingerprint density at radius 3 is 1.55 bits per heavy atom. The minimum atomic E-state index is 0.234. The van der Waals surface area contributed by atoms with Crippen molar-refractivity contribution in [1.82, 2.24) is 0 Å². The summed E-state index contributed by atoms with van der Waals surface area (Å²) in [5, 5.41) is 0. The van der Waals surface area contributed by atoms with Gasteiger partial charge in [-0.15, -0.1) is 0 Å². The molecule has 0 unspecified atom stereocenters. The molecule has 3 rings (SSSR count). The first-order valence-electron chi connectivity index (χ1n) is 8.07. The Hall–Kier alpha value is -1.84. The molecule has 0 bridgehead atoms. The van der Waals surface area contributed by atoms with E-state index in [1.165, 1.54) is 0 Å². The summed E-state index contributed by atoms with van der Waals surface area (Å²) < 4.78 is 11.7. The van der Waals surface area contributed by atoms with Gasteiger partial charge in [-0.3, -0.25) is 0 Å². The van der Waals surface area contributed by atoms with E-state index in [9.17, 15) is 0 Å². The molecule has 0 spiro atoms. The summed E-state index contributed by atoms with van der Waals surface area (Å²) in [6.07, 6.45) is 0. The van der Waals surface area contributed by atoms with Gasteiger partial charge in [0.05, 0.1) is 12.1 Å². The molecule has 0 saturated carbocycles. The van der Waals surface area contributed by atoms with Crippen molar-refractivity contribution < 1.29 is 9.47 Å². The maximum Gasteiger partial charge on any atom is 0.217 e. The zero-order valence-electron chi connectivity index (χ0n) is 13.7. The summed E-state index contributed by atoms with van der Waals surface area (Å²) in [7, 11) is 0. The molecule has 4 heteroatoms. The summed E-state index contributed by atoms with van der Waals surface area (Å²) >= 11 is 0. The number of ether oxygens (including phenoxy) is 2. The fourth-order valence-electron chi connectivity index (χ4n) is 2.61. The zero-order valence-corrected chi connectivity index (χ0v) is 13.7. The fourth-order valence-corrected chi connectivity index (χ4v) is 2.61. The van der Waals surface area contributed by atoms with E-state index >= 15 is 0 Å². The van der Waals surface area contributed by atoms with Crippen LogP contribution in [0.4, 0.5) is 0 Å². The molecule has 0 aromatic heterocycles. The van der Waals surface area contributed by atoms with E-state index in [4.69, 9.17) is 19.5 Å². The fraction of sp³-hybridized carbons (Fsp3) is 0.556. The van der Waals surface area contributed by atoms with E-state index in [2.05, 4.69) is 27.7 Å². The van der Waals surface area contributed by atoms with E-state index in [1.807, 2.05) is 24.3 Å². The van der Waals surface area contributed by atoms with E-state index < -0.39 is 0 Å². The first-order chi connectivity index (χ1) is 10.6. The van der Waals surface area contributed by atoms with Crippen LogP contribution >= 0.6 is 0 Å². The molecule has 0 saturated heterocycles. The van der Waals surface area contributed by atoms with Gasteiger partial charge in [-0.2, -0.15) is 0 Å². The molecule has 4 nitrogen and oxygen atoms in total. The minimum absolute atomic E-state index is 0.234. The standard InChI is InChI=1S/C18H24N2O2/c1-11(2)15-9-21-17(19-15)13-7-5-6-8-14(13)18-20-16(10-22-18)12(3)4/h5-8,11-12,15-16H,9-10H2,1-4H3/t15-,16-/m0/s1. The van der Waals surface area contributed by atoms with Crippen LogP contribution in [0.15, 0.2) is 34.3 Å². The molecule has 1 aromatic rings. The van der Waals surface area contributed by atoms with Gasteiger partial charge in [-0.1, -0.05) is 39.8 Å².